The molecule has 2 N–H and O–H groups in total. The van der Waals surface area contributed by atoms with Crippen molar-refractivity contribution in [1.82, 2.24) is 0 Å². The molecule has 17 heavy (non-hydrogen) atoms. The van der Waals surface area contributed by atoms with E-state index < -0.39 is 0 Å². The quantitative estimate of drug-likeness (QED) is 0.793. The van der Waals surface area contributed by atoms with Crippen molar-refractivity contribution in [2.75, 3.05) is 0 Å². The zero-order valence-corrected chi connectivity index (χ0v) is 12.9. The molecule has 0 aliphatic heterocycles. The van der Waals surface area contributed by atoms with Crippen molar-refractivity contribution in [2.45, 2.75) is 13.0 Å². The Labute approximate surface area is 123 Å². The highest BCUT2D eigenvalue weighted by molar-refractivity contribution is 9.11. The van der Waals surface area contributed by atoms with Crippen molar-refractivity contribution in [3.63, 3.8) is 0 Å². The van der Waals surface area contributed by atoms with Gasteiger partial charge in [-0.05, 0) is 52.2 Å². The predicted octanol–water partition coefficient (Wildman–Crippen LogP) is 5.17. The lowest BCUT2D eigenvalue weighted by Crippen LogP contribution is -2.12. The van der Waals surface area contributed by atoms with Crippen LogP contribution in [-0.4, -0.2) is 0 Å². The Bertz CT molecular complexity index is 553. The van der Waals surface area contributed by atoms with Crippen molar-refractivity contribution >= 4 is 50.5 Å². The minimum Gasteiger partial charge on any atom is -0.320 e. The fourth-order valence-corrected chi connectivity index (χ4v) is 3.97. The molecule has 1 atom stereocenters. The first-order valence-corrected chi connectivity index (χ1v) is 7.32. The Hall–Kier alpha value is -0.0600. The summed E-state index contributed by atoms with van der Waals surface area (Å²) in [4.78, 5) is 1.19. The summed E-state index contributed by atoms with van der Waals surface area (Å²) in [5, 5.41) is 1.22. The van der Waals surface area contributed by atoms with Crippen molar-refractivity contribution in [3.8, 4) is 0 Å². The molecule has 1 heterocycles. The van der Waals surface area contributed by atoms with E-state index in [4.69, 9.17) is 28.9 Å². The molecule has 0 spiro atoms. The molecule has 0 fully saturated rings. The van der Waals surface area contributed by atoms with E-state index in [1.165, 1.54) is 4.88 Å². The Morgan fingerprint density at radius 2 is 1.94 bits per heavy atom. The summed E-state index contributed by atoms with van der Waals surface area (Å²) in [5.74, 6) is 0. The average molecular weight is 351 g/mol. The van der Waals surface area contributed by atoms with Crippen LogP contribution in [0.3, 0.4) is 0 Å². The minimum absolute atomic E-state index is 0.220. The number of hydrogen-bond acceptors (Lipinski definition) is 2. The van der Waals surface area contributed by atoms with Crippen LogP contribution in [0.4, 0.5) is 0 Å². The number of rotatable bonds is 2. The molecular weight excluding hydrogens is 341 g/mol. The molecule has 1 aromatic carbocycles. The number of halogens is 3. The first-order chi connectivity index (χ1) is 7.99. The van der Waals surface area contributed by atoms with Gasteiger partial charge in [-0.2, -0.15) is 0 Å². The van der Waals surface area contributed by atoms with Gasteiger partial charge in [0, 0.05) is 14.9 Å². The molecule has 2 rings (SSSR count). The van der Waals surface area contributed by atoms with Gasteiger partial charge in [-0.15, -0.1) is 11.3 Å². The van der Waals surface area contributed by atoms with Crippen LogP contribution in [0.15, 0.2) is 28.1 Å². The number of benzene rings is 1. The standard InChI is InChI=1S/C12H10BrCl2NS/c1-6-9(5-11(13)17-6)12(16)8-3-2-7(14)4-10(8)15/h2-5,12H,16H2,1H3. The van der Waals surface area contributed by atoms with Gasteiger partial charge in [0.25, 0.3) is 0 Å². The Morgan fingerprint density at radius 1 is 1.24 bits per heavy atom. The molecule has 0 bridgehead atoms. The second-order valence-electron chi connectivity index (χ2n) is 3.71. The SMILES string of the molecule is Cc1sc(Br)cc1C(N)c1ccc(Cl)cc1Cl. The smallest absolute Gasteiger partial charge is 0.0704 e. The van der Waals surface area contributed by atoms with Gasteiger partial charge in [0.05, 0.1) is 9.83 Å². The molecule has 1 aromatic heterocycles. The maximum Gasteiger partial charge on any atom is 0.0704 e. The van der Waals surface area contributed by atoms with Crippen LogP contribution in [0.25, 0.3) is 0 Å². The third kappa shape index (κ3) is 2.85. The second-order valence-corrected chi connectivity index (χ2v) is 7.18. The highest BCUT2D eigenvalue weighted by Crippen LogP contribution is 2.35. The molecule has 2 aromatic rings. The van der Waals surface area contributed by atoms with E-state index in [0.717, 1.165) is 14.9 Å². The summed E-state index contributed by atoms with van der Waals surface area (Å²) in [6.07, 6.45) is 0. The summed E-state index contributed by atoms with van der Waals surface area (Å²) in [6.45, 7) is 2.05. The molecule has 90 valence electrons. The number of aryl methyl sites for hydroxylation is 1. The topological polar surface area (TPSA) is 26.0 Å². The van der Waals surface area contributed by atoms with Gasteiger partial charge in [-0.1, -0.05) is 29.3 Å². The fourth-order valence-electron chi connectivity index (χ4n) is 1.69. The van der Waals surface area contributed by atoms with Gasteiger partial charge >= 0.3 is 0 Å². The minimum atomic E-state index is -0.220. The average Bonchev–Trinajstić information content (AvgIpc) is 2.57. The maximum absolute atomic E-state index is 6.24. The summed E-state index contributed by atoms with van der Waals surface area (Å²) in [5.41, 5.74) is 8.22. The van der Waals surface area contributed by atoms with E-state index in [1.54, 1.807) is 23.5 Å². The van der Waals surface area contributed by atoms with E-state index in [1.807, 2.05) is 12.1 Å². The predicted molar refractivity (Wildman–Crippen MR) is 79.2 cm³/mol. The molecule has 0 saturated heterocycles. The van der Waals surface area contributed by atoms with E-state index in [-0.39, 0.29) is 6.04 Å². The molecule has 0 amide bonds. The third-order valence-corrected chi connectivity index (χ3v) is 4.69. The van der Waals surface area contributed by atoms with Crippen molar-refractivity contribution < 1.29 is 0 Å². The lowest BCUT2D eigenvalue weighted by Gasteiger charge is -2.13. The van der Waals surface area contributed by atoms with Crippen LogP contribution >= 0.6 is 50.5 Å². The fraction of sp³-hybridized carbons (Fsp3) is 0.167. The zero-order valence-electron chi connectivity index (χ0n) is 9.01. The molecule has 0 radical (unpaired) electrons. The first kappa shape index (κ1) is 13.4. The van der Waals surface area contributed by atoms with Gasteiger partial charge in [0.15, 0.2) is 0 Å². The summed E-state index contributed by atoms with van der Waals surface area (Å²) in [6, 6.07) is 7.21. The van der Waals surface area contributed by atoms with Crippen molar-refractivity contribution in [3.05, 3.63) is 54.1 Å². The van der Waals surface area contributed by atoms with Gasteiger partial charge < -0.3 is 5.73 Å². The number of thiophene rings is 1. The molecule has 0 aliphatic rings. The first-order valence-electron chi connectivity index (χ1n) is 4.95. The lowest BCUT2D eigenvalue weighted by molar-refractivity contribution is 0.869. The van der Waals surface area contributed by atoms with Gasteiger partial charge in [0.1, 0.15) is 0 Å². The molecule has 0 aliphatic carbocycles. The summed E-state index contributed by atoms with van der Waals surface area (Å²) in [7, 11) is 0. The Kier molecular flexibility index (Phi) is 4.16. The van der Waals surface area contributed by atoms with Crippen LogP contribution in [0.5, 0.6) is 0 Å². The summed E-state index contributed by atoms with van der Waals surface area (Å²) < 4.78 is 1.07. The van der Waals surface area contributed by atoms with Crippen LogP contribution < -0.4 is 5.73 Å². The van der Waals surface area contributed by atoms with Gasteiger partial charge in [0.2, 0.25) is 0 Å². The highest BCUT2D eigenvalue weighted by Gasteiger charge is 2.16. The molecule has 1 nitrogen and oxygen atoms in total. The maximum atomic E-state index is 6.24. The summed E-state index contributed by atoms with van der Waals surface area (Å²) >= 11 is 17.2. The van der Waals surface area contributed by atoms with Gasteiger partial charge in [-0.3, -0.25) is 0 Å². The zero-order chi connectivity index (χ0) is 12.6. The van der Waals surface area contributed by atoms with Crippen LogP contribution in [-0.2, 0) is 0 Å². The van der Waals surface area contributed by atoms with E-state index in [9.17, 15) is 0 Å². The van der Waals surface area contributed by atoms with E-state index in [2.05, 4.69) is 22.9 Å². The van der Waals surface area contributed by atoms with E-state index in [0.29, 0.717) is 10.0 Å². The monoisotopic (exact) mass is 349 g/mol. The van der Waals surface area contributed by atoms with Crippen LogP contribution in [0.1, 0.15) is 22.0 Å². The Balaban J connectivity index is 2.43. The van der Waals surface area contributed by atoms with Gasteiger partial charge in [-0.25, -0.2) is 0 Å². The van der Waals surface area contributed by atoms with Crippen molar-refractivity contribution in [1.29, 1.82) is 0 Å². The number of nitrogens with two attached hydrogens (primary N) is 1. The van der Waals surface area contributed by atoms with Crippen LogP contribution in [0.2, 0.25) is 10.0 Å². The molecule has 5 heteroatoms. The molecule has 1 unspecified atom stereocenters. The largest absolute Gasteiger partial charge is 0.320 e. The molecular formula is C12H10BrCl2NS. The highest BCUT2D eigenvalue weighted by atomic mass is 79.9. The van der Waals surface area contributed by atoms with Crippen molar-refractivity contribution in [2.24, 2.45) is 5.73 Å². The Morgan fingerprint density at radius 3 is 2.47 bits per heavy atom. The lowest BCUT2D eigenvalue weighted by atomic mass is 10.0. The molecule has 0 saturated carbocycles. The second kappa shape index (κ2) is 5.29. The number of hydrogen-bond donors (Lipinski definition) is 1. The van der Waals surface area contributed by atoms with E-state index >= 15 is 0 Å². The van der Waals surface area contributed by atoms with Crippen LogP contribution in [0, 0.1) is 6.92 Å². The third-order valence-electron chi connectivity index (χ3n) is 2.56. The normalized spacial score (nSPS) is 12.8.